The molecule has 3 heterocycles. The molecule has 1 fully saturated rings. The monoisotopic (exact) mass is 357 g/mol. The standard InChI is InChI=1S/C17H15N3O4S/c21-16-11-4-1-5-13(20(23)24)15(11)17(22)19(16)10-18-8-2-6-12(18)14-7-3-9-25-14/h1,3-5,7,9,12H,2,6,8,10H2/t12-/m1/s1. The minimum absolute atomic E-state index is 0.0932. The lowest BCUT2D eigenvalue weighted by Crippen LogP contribution is -2.40. The maximum atomic E-state index is 12.7. The number of rotatable bonds is 4. The zero-order valence-electron chi connectivity index (χ0n) is 13.3. The molecule has 4 rings (SSSR count). The molecule has 2 aromatic rings. The van der Waals surface area contributed by atoms with Crippen LogP contribution in [0.15, 0.2) is 35.7 Å². The van der Waals surface area contributed by atoms with Crippen LogP contribution in [-0.4, -0.2) is 39.8 Å². The van der Waals surface area contributed by atoms with Crippen LogP contribution in [-0.2, 0) is 0 Å². The van der Waals surface area contributed by atoms with Crippen molar-refractivity contribution in [2.45, 2.75) is 18.9 Å². The average molecular weight is 357 g/mol. The zero-order valence-corrected chi connectivity index (χ0v) is 14.1. The molecule has 2 amide bonds. The van der Waals surface area contributed by atoms with E-state index < -0.39 is 16.7 Å². The Hall–Kier alpha value is -2.58. The highest BCUT2D eigenvalue weighted by atomic mass is 32.1. The van der Waals surface area contributed by atoms with Gasteiger partial charge in [-0.25, -0.2) is 0 Å². The normalized spacial score (nSPS) is 20.3. The molecule has 0 saturated carbocycles. The molecule has 2 aliphatic rings. The molecule has 2 aliphatic heterocycles. The number of likely N-dealkylation sites (tertiary alicyclic amines) is 1. The van der Waals surface area contributed by atoms with E-state index in [0.717, 1.165) is 24.3 Å². The van der Waals surface area contributed by atoms with E-state index in [4.69, 9.17) is 0 Å². The van der Waals surface area contributed by atoms with E-state index >= 15 is 0 Å². The van der Waals surface area contributed by atoms with Crippen LogP contribution < -0.4 is 0 Å². The fourth-order valence-electron chi connectivity index (χ4n) is 3.58. The lowest BCUT2D eigenvalue weighted by Gasteiger charge is -2.27. The van der Waals surface area contributed by atoms with Gasteiger partial charge in [0.05, 0.1) is 17.2 Å². The summed E-state index contributed by atoms with van der Waals surface area (Å²) in [6, 6.07) is 8.40. The molecular weight excluding hydrogens is 342 g/mol. The molecule has 7 nitrogen and oxygen atoms in total. The summed E-state index contributed by atoms with van der Waals surface area (Å²) in [5.41, 5.74) is -0.287. The predicted octanol–water partition coefficient (Wildman–Crippen LogP) is 3.05. The van der Waals surface area contributed by atoms with E-state index in [9.17, 15) is 19.7 Å². The molecule has 1 aromatic carbocycles. The summed E-state index contributed by atoms with van der Waals surface area (Å²) in [5.74, 6) is -1.04. The first kappa shape index (κ1) is 15.9. The Kier molecular flexibility index (Phi) is 3.85. The third-order valence-electron chi connectivity index (χ3n) is 4.73. The van der Waals surface area contributed by atoms with Gasteiger partial charge in [-0.3, -0.25) is 29.5 Å². The molecule has 0 N–H and O–H groups in total. The summed E-state index contributed by atoms with van der Waals surface area (Å²) in [4.78, 5) is 40.3. The highest BCUT2D eigenvalue weighted by Crippen LogP contribution is 2.36. The van der Waals surface area contributed by atoms with Crippen molar-refractivity contribution >= 4 is 28.8 Å². The summed E-state index contributed by atoms with van der Waals surface area (Å²) in [5, 5.41) is 13.2. The molecule has 128 valence electrons. The zero-order chi connectivity index (χ0) is 17.6. The molecule has 0 spiro atoms. The molecule has 0 unspecified atom stereocenters. The SMILES string of the molecule is O=C1c2cccc([N+](=O)[O-])c2C(=O)N1CN1CCC[C@@H]1c1cccs1. The predicted molar refractivity (Wildman–Crippen MR) is 91.5 cm³/mol. The Morgan fingerprint density at radius 1 is 1.20 bits per heavy atom. The van der Waals surface area contributed by atoms with E-state index in [0.29, 0.717) is 0 Å². The third-order valence-corrected chi connectivity index (χ3v) is 5.71. The maximum absolute atomic E-state index is 12.7. The lowest BCUT2D eigenvalue weighted by atomic mass is 10.1. The number of nitro benzene ring substituents is 1. The fourth-order valence-corrected chi connectivity index (χ4v) is 4.47. The van der Waals surface area contributed by atoms with Crippen molar-refractivity contribution < 1.29 is 14.5 Å². The molecule has 1 aromatic heterocycles. The van der Waals surface area contributed by atoms with E-state index in [1.54, 1.807) is 11.3 Å². The van der Waals surface area contributed by atoms with Gasteiger partial charge in [-0.05, 0) is 30.4 Å². The van der Waals surface area contributed by atoms with Gasteiger partial charge in [0.2, 0.25) is 0 Å². The smallest absolute Gasteiger partial charge is 0.278 e. The Morgan fingerprint density at radius 2 is 2.04 bits per heavy atom. The van der Waals surface area contributed by atoms with Gasteiger partial charge in [0.25, 0.3) is 17.5 Å². The third kappa shape index (κ3) is 2.54. The second-order valence-electron chi connectivity index (χ2n) is 6.12. The molecule has 0 radical (unpaired) electrons. The number of imide groups is 1. The van der Waals surface area contributed by atoms with Crippen LogP contribution in [0.4, 0.5) is 5.69 Å². The van der Waals surface area contributed by atoms with Crippen molar-refractivity contribution in [1.82, 2.24) is 9.80 Å². The quantitative estimate of drug-likeness (QED) is 0.477. The number of nitro groups is 1. The van der Waals surface area contributed by atoms with E-state index in [-0.39, 0.29) is 29.5 Å². The number of carbonyl (C=O) groups is 2. The van der Waals surface area contributed by atoms with Gasteiger partial charge in [0.1, 0.15) is 5.56 Å². The van der Waals surface area contributed by atoms with Crippen LogP contribution in [0.5, 0.6) is 0 Å². The molecular formula is C17H15N3O4S. The number of thiophene rings is 1. The number of fused-ring (bicyclic) bond motifs is 1. The molecule has 0 aliphatic carbocycles. The van der Waals surface area contributed by atoms with Gasteiger partial charge >= 0.3 is 0 Å². The van der Waals surface area contributed by atoms with Gasteiger partial charge < -0.3 is 0 Å². The maximum Gasteiger partial charge on any atom is 0.282 e. The van der Waals surface area contributed by atoms with Crippen LogP contribution in [0, 0.1) is 10.1 Å². The van der Waals surface area contributed by atoms with Gasteiger partial charge in [0, 0.05) is 23.5 Å². The van der Waals surface area contributed by atoms with Crippen molar-refractivity contribution in [2.24, 2.45) is 0 Å². The summed E-state index contributed by atoms with van der Waals surface area (Å²) < 4.78 is 0. The van der Waals surface area contributed by atoms with Crippen molar-refractivity contribution in [3.05, 3.63) is 61.8 Å². The number of carbonyl (C=O) groups excluding carboxylic acids is 2. The van der Waals surface area contributed by atoms with E-state index in [1.807, 2.05) is 11.4 Å². The minimum Gasteiger partial charge on any atom is -0.278 e. The number of hydrogen-bond acceptors (Lipinski definition) is 6. The van der Waals surface area contributed by atoms with Crippen LogP contribution in [0.3, 0.4) is 0 Å². The minimum atomic E-state index is -0.613. The van der Waals surface area contributed by atoms with Gasteiger partial charge in [-0.1, -0.05) is 12.1 Å². The first-order valence-corrected chi connectivity index (χ1v) is 8.87. The first-order chi connectivity index (χ1) is 12.1. The largest absolute Gasteiger partial charge is 0.282 e. The van der Waals surface area contributed by atoms with Crippen molar-refractivity contribution in [2.75, 3.05) is 13.2 Å². The average Bonchev–Trinajstić information content (AvgIpc) is 3.32. The molecule has 0 bridgehead atoms. The topological polar surface area (TPSA) is 83.8 Å². The Bertz CT molecular complexity index is 865. The summed E-state index contributed by atoms with van der Waals surface area (Å²) >= 11 is 1.66. The van der Waals surface area contributed by atoms with Crippen molar-refractivity contribution in [3.8, 4) is 0 Å². The van der Waals surface area contributed by atoms with Gasteiger partial charge in [-0.2, -0.15) is 0 Å². The van der Waals surface area contributed by atoms with Crippen LogP contribution in [0.1, 0.15) is 44.5 Å². The summed E-state index contributed by atoms with van der Waals surface area (Å²) in [6.45, 7) is 0.949. The van der Waals surface area contributed by atoms with Crippen LogP contribution in [0.2, 0.25) is 0 Å². The van der Waals surface area contributed by atoms with E-state index in [2.05, 4.69) is 11.0 Å². The van der Waals surface area contributed by atoms with Crippen molar-refractivity contribution in [3.63, 3.8) is 0 Å². The number of nitrogens with zero attached hydrogens (tertiary/aromatic N) is 3. The molecule has 1 atom stereocenters. The van der Waals surface area contributed by atoms with Crippen molar-refractivity contribution in [1.29, 1.82) is 0 Å². The highest BCUT2D eigenvalue weighted by molar-refractivity contribution is 7.10. The first-order valence-electron chi connectivity index (χ1n) is 7.99. The van der Waals surface area contributed by atoms with Gasteiger partial charge in [0.15, 0.2) is 0 Å². The van der Waals surface area contributed by atoms with E-state index in [1.165, 1.54) is 23.1 Å². The highest BCUT2D eigenvalue weighted by Gasteiger charge is 2.42. The van der Waals surface area contributed by atoms with Gasteiger partial charge in [-0.15, -0.1) is 11.3 Å². The van der Waals surface area contributed by atoms with Crippen LogP contribution >= 0.6 is 11.3 Å². The number of amides is 2. The Balaban J connectivity index is 1.62. The second-order valence-corrected chi connectivity index (χ2v) is 7.10. The number of hydrogen-bond donors (Lipinski definition) is 0. The lowest BCUT2D eigenvalue weighted by molar-refractivity contribution is -0.385. The molecule has 1 saturated heterocycles. The van der Waals surface area contributed by atoms with Crippen LogP contribution in [0.25, 0.3) is 0 Å². The molecule has 25 heavy (non-hydrogen) atoms. The molecule has 8 heteroatoms. The summed E-state index contributed by atoms with van der Waals surface area (Å²) in [6.07, 6.45) is 1.97. The number of benzene rings is 1. The fraction of sp³-hybridized carbons (Fsp3) is 0.294. The summed E-state index contributed by atoms with van der Waals surface area (Å²) in [7, 11) is 0. The Labute approximate surface area is 147 Å². The Morgan fingerprint density at radius 3 is 2.76 bits per heavy atom. The second kappa shape index (κ2) is 6.05.